The number of rotatable bonds is 7. The second kappa shape index (κ2) is 10.4. The predicted octanol–water partition coefficient (Wildman–Crippen LogP) is 5.46. The van der Waals surface area contributed by atoms with Crippen molar-refractivity contribution in [2.45, 2.75) is 9.79 Å². The lowest BCUT2D eigenvalue weighted by atomic mass is 10.1. The van der Waals surface area contributed by atoms with Crippen LogP contribution in [0.2, 0.25) is 20.1 Å². The van der Waals surface area contributed by atoms with Gasteiger partial charge < -0.3 is 10.4 Å². The van der Waals surface area contributed by atoms with Crippen molar-refractivity contribution in [1.82, 2.24) is 0 Å². The Bertz CT molecular complexity index is 1610. The molecule has 3 aromatic rings. The molecule has 190 valence electrons. The van der Waals surface area contributed by atoms with Crippen LogP contribution >= 0.6 is 46.4 Å². The number of hydrogen-bond donors (Lipinski definition) is 3. The van der Waals surface area contributed by atoms with Crippen LogP contribution in [0.3, 0.4) is 0 Å². The summed E-state index contributed by atoms with van der Waals surface area (Å²) in [5.41, 5.74) is -1.08. The molecule has 0 aliphatic rings. The van der Waals surface area contributed by atoms with Gasteiger partial charge in [-0.25, -0.2) is 21.6 Å². The van der Waals surface area contributed by atoms with Gasteiger partial charge in [-0.15, -0.1) is 0 Å². The first-order valence-corrected chi connectivity index (χ1v) is 14.4. The Balaban J connectivity index is 1.97. The van der Waals surface area contributed by atoms with Gasteiger partial charge in [0.05, 0.1) is 47.3 Å². The van der Waals surface area contributed by atoms with Gasteiger partial charge >= 0.3 is 5.97 Å². The molecule has 36 heavy (non-hydrogen) atoms. The number of sulfonamides is 1. The van der Waals surface area contributed by atoms with Gasteiger partial charge in [-0.05, 0) is 42.5 Å². The van der Waals surface area contributed by atoms with E-state index >= 15 is 0 Å². The summed E-state index contributed by atoms with van der Waals surface area (Å²) in [4.78, 5) is 24.3. The average molecular weight is 612 g/mol. The fraction of sp³-hybridized carbons (Fsp3) is 0.0476. The summed E-state index contributed by atoms with van der Waals surface area (Å²) in [5.74, 6) is -2.61. The number of halogens is 4. The topological polar surface area (TPSA) is 147 Å². The summed E-state index contributed by atoms with van der Waals surface area (Å²) < 4.78 is 51.0. The average Bonchev–Trinajstić information content (AvgIpc) is 2.79. The van der Waals surface area contributed by atoms with Crippen molar-refractivity contribution in [3.63, 3.8) is 0 Å². The Labute approximate surface area is 225 Å². The van der Waals surface area contributed by atoms with Crippen LogP contribution in [-0.2, 0) is 19.9 Å². The minimum atomic E-state index is -4.08. The van der Waals surface area contributed by atoms with Gasteiger partial charge in [-0.2, -0.15) is 0 Å². The van der Waals surface area contributed by atoms with Crippen LogP contribution < -0.4 is 10.0 Å². The lowest BCUT2D eigenvalue weighted by molar-refractivity contribution is 0.0692. The number of benzene rings is 3. The van der Waals surface area contributed by atoms with Crippen molar-refractivity contribution in [3.8, 4) is 0 Å². The predicted molar refractivity (Wildman–Crippen MR) is 138 cm³/mol. The summed E-state index contributed by atoms with van der Waals surface area (Å²) in [7, 11) is -7.63. The molecule has 0 fully saturated rings. The number of carbonyl (C=O) groups excluding carboxylic acids is 1. The van der Waals surface area contributed by atoms with Gasteiger partial charge in [-0.3, -0.25) is 9.52 Å². The molecule has 0 aliphatic carbocycles. The Hall–Kier alpha value is -2.54. The van der Waals surface area contributed by atoms with Gasteiger partial charge in [-0.1, -0.05) is 52.5 Å². The van der Waals surface area contributed by atoms with E-state index in [0.29, 0.717) is 0 Å². The fourth-order valence-corrected chi connectivity index (χ4v) is 5.92. The Morgan fingerprint density at radius 1 is 0.750 bits per heavy atom. The molecule has 15 heteroatoms. The fourth-order valence-electron chi connectivity index (χ4n) is 3.03. The number of nitrogens with one attached hydrogen (secondary N) is 2. The minimum Gasteiger partial charge on any atom is -0.478 e. The van der Waals surface area contributed by atoms with E-state index in [-0.39, 0.29) is 31.2 Å². The zero-order valence-electron chi connectivity index (χ0n) is 17.8. The highest BCUT2D eigenvalue weighted by molar-refractivity contribution is 7.92. The van der Waals surface area contributed by atoms with Crippen LogP contribution in [-0.4, -0.2) is 40.1 Å². The highest BCUT2D eigenvalue weighted by atomic mass is 35.5. The van der Waals surface area contributed by atoms with Crippen molar-refractivity contribution in [1.29, 1.82) is 0 Å². The monoisotopic (exact) mass is 610 g/mol. The third kappa shape index (κ3) is 5.88. The van der Waals surface area contributed by atoms with E-state index in [4.69, 9.17) is 46.4 Å². The molecule has 0 atom stereocenters. The van der Waals surface area contributed by atoms with E-state index in [1.807, 2.05) is 0 Å². The summed E-state index contributed by atoms with van der Waals surface area (Å²) in [5, 5.41) is 10.3. The van der Waals surface area contributed by atoms with E-state index in [1.165, 1.54) is 42.5 Å². The molecule has 0 aromatic heterocycles. The summed E-state index contributed by atoms with van der Waals surface area (Å²) in [6.07, 6.45) is 0.954. The molecular weight excluding hydrogens is 598 g/mol. The third-order valence-corrected chi connectivity index (χ3v) is 8.75. The lowest BCUT2D eigenvalue weighted by Gasteiger charge is -2.14. The number of sulfone groups is 1. The second-order valence-electron chi connectivity index (χ2n) is 7.20. The maximum atomic E-state index is 13.1. The smallest absolute Gasteiger partial charge is 0.338 e. The molecule has 0 unspecified atom stereocenters. The Morgan fingerprint density at radius 2 is 1.31 bits per heavy atom. The minimum absolute atomic E-state index is 0.00830. The summed E-state index contributed by atoms with van der Waals surface area (Å²) in [6.45, 7) is 0. The van der Waals surface area contributed by atoms with E-state index in [2.05, 4.69) is 10.0 Å². The van der Waals surface area contributed by atoms with Gasteiger partial charge in [0.25, 0.3) is 5.91 Å². The van der Waals surface area contributed by atoms with Crippen LogP contribution in [0, 0.1) is 0 Å². The molecule has 0 spiro atoms. The number of amides is 1. The molecule has 0 saturated heterocycles. The van der Waals surface area contributed by atoms with Crippen LogP contribution in [0.5, 0.6) is 0 Å². The normalized spacial score (nSPS) is 11.7. The Kier molecular flexibility index (Phi) is 8.13. The number of anilines is 2. The van der Waals surface area contributed by atoms with Crippen molar-refractivity contribution < 1.29 is 31.5 Å². The Morgan fingerprint density at radius 3 is 1.83 bits per heavy atom. The molecule has 0 radical (unpaired) electrons. The first-order valence-electron chi connectivity index (χ1n) is 9.47. The van der Waals surface area contributed by atoms with Crippen LogP contribution in [0.15, 0.2) is 58.3 Å². The SMILES string of the molecule is CS(=O)(=O)Nc1ccc(S(=O)(=O)c2cccc(NC(=O)c3c(Cl)c(Cl)c(Cl)c(Cl)c3C(=O)O)c2)cc1. The maximum Gasteiger partial charge on any atom is 0.338 e. The van der Waals surface area contributed by atoms with Crippen molar-refractivity contribution in [3.05, 3.63) is 79.7 Å². The number of hydrogen-bond acceptors (Lipinski definition) is 6. The molecule has 0 bridgehead atoms. The molecule has 3 rings (SSSR count). The van der Waals surface area contributed by atoms with E-state index in [1.54, 1.807) is 0 Å². The summed E-state index contributed by atoms with van der Waals surface area (Å²) in [6, 6.07) is 10.1. The number of carboxylic acids is 1. The summed E-state index contributed by atoms with van der Waals surface area (Å²) >= 11 is 23.9. The lowest BCUT2D eigenvalue weighted by Crippen LogP contribution is -2.18. The first kappa shape index (κ1) is 28.0. The van der Waals surface area contributed by atoms with Crippen molar-refractivity contribution in [2.24, 2.45) is 0 Å². The number of carbonyl (C=O) groups is 2. The second-order valence-corrected chi connectivity index (χ2v) is 12.4. The number of aromatic carboxylic acids is 1. The van der Waals surface area contributed by atoms with Crippen molar-refractivity contribution in [2.75, 3.05) is 16.3 Å². The molecular formula is C21H14Cl4N2O7S2. The van der Waals surface area contributed by atoms with Crippen LogP contribution in [0.25, 0.3) is 0 Å². The highest BCUT2D eigenvalue weighted by Gasteiger charge is 2.29. The van der Waals surface area contributed by atoms with E-state index < -0.39 is 52.9 Å². The largest absolute Gasteiger partial charge is 0.478 e. The molecule has 0 aliphatic heterocycles. The van der Waals surface area contributed by atoms with E-state index in [9.17, 15) is 31.5 Å². The maximum absolute atomic E-state index is 13.1. The zero-order chi connectivity index (χ0) is 27.0. The van der Waals surface area contributed by atoms with E-state index in [0.717, 1.165) is 12.3 Å². The highest BCUT2D eigenvalue weighted by Crippen LogP contribution is 2.42. The van der Waals surface area contributed by atoms with Crippen LogP contribution in [0.4, 0.5) is 11.4 Å². The molecule has 9 nitrogen and oxygen atoms in total. The van der Waals surface area contributed by atoms with Gasteiger partial charge in [0.15, 0.2) is 0 Å². The molecule has 1 amide bonds. The van der Waals surface area contributed by atoms with Gasteiger partial charge in [0, 0.05) is 11.4 Å². The first-order chi connectivity index (χ1) is 16.6. The standard InChI is InChI=1S/C21H14Cl4N2O7S2/c1-35(31,32)27-10-5-7-12(8-6-10)36(33,34)13-4-2-3-11(9-13)26-20(28)14-15(21(29)30)17(23)19(25)18(24)16(14)22/h2-9,27H,1H3,(H,26,28)(H,29,30). The van der Waals surface area contributed by atoms with Gasteiger partial charge in [0.2, 0.25) is 19.9 Å². The van der Waals surface area contributed by atoms with Crippen molar-refractivity contribution >= 4 is 89.5 Å². The number of carboxylic acid groups (broad SMARTS) is 1. The molecule has 0 heterocycles. The zero-order valence-corrected chi connectivity index (χ0v) is 22.5. The van der Waals surface area contributed by atoms with Crippen LogP contribution in [0.1, 0.15) is 20.7 Å². The molecule has 3 N–H and O–H groups in total. The molecule has 0 saturated carbocycles. The quantitative estimate of drug-likeness (QED) is 0.237. The third-order valence-electron chi connectivity index (χ3n) is 4.58. The van der Waals surface area contributed by atoms with Gasteiger partial charge in [0.1, 0.15) is 0 Å². The molecule has 3 aromatic carbocycles.